The van der Waals surface area contributed by atoms with Crippen LogP contribution in [-0.2, 0) is 37.2 Å². The third kappa shape index (κ3) is 5.00. The van der Waals surface area contributed by atoms with Crippen LogP contribution in [0.1, 0.15) is 12.6 Å². The molecule has 0 aliphatic carbocycles. The highest BCUT2D eigenvalue weighted by Gasteiger charge is 2.67. The molecule has 0 aromatic carbocycles. The van der Waals surface area contributed by atoms with Crippen LogP contribution in [0.4, 0.5) is 5.82 Å². The van der Waals surface area contributed by atoms with Gasteiger partial charge in [0, 0.05) is 0 Å². The van der Waals surface area contributed by atoms with Crippen molar-refractivity contribution in [2.75, 3.05) is 12.3 Å². The van der Waals surface area contributed by atoms with Crippen molar-refractivity contribution >= 4 is 34.9 Å². The highest BCUT2D eigenvalue weighted by molar-refractivity contribution is 7.64. The van der Waals surface area contributed by atoms with Gasteiger partial charge in [0.1, 0.15) is 35.7 Å². The first-order valence-corrected chi connectivity index (χ1v) is 13.2. The van der Waals surface area contributed by atoms with Gasteiger partial charge in [-0.2, -0.15) is 15.6 Å². The number of nitrogens with two attached hydrogens (primary N) is 1. The minimum Gasteiger partial charge on any atom is -0.790 e. The number of phosphoric acid groups is 3. The third-order valence-corrected chi connectivity index (χ3v) is 8.55. The molecule has 3 heterocycles. The van der Waals surface area contributed by atoms with Crippen molar-refractivity contribution in [1.82, 2.24) is 19.6 Å². The lowest BCUT2D eigenvalue weighted by Gasteiger charge is -2.37. The molecule has 190 valence electrons. The molecule has 0 radical (unpaired) electrons. The van der Waals surface area contributed by atoms with E-state index in [1.807, 2.05) is 0 Å². The van der Waals surface area contributed by atoms with E-state index in [1.165, 1.54) is 0 Å². The summed E-state index contributed by atoms with van der Waals surface area (Å²) in [5.74, 6) is -0.106. The molecule has 2 aromatic rings. The van der Waals surface area contributed by atoms with Gasteiger partial charge >= 0.3 is 0 Å². The average molecular weight is 551 g/mol. The Morgan fingerprint density at radius 3 is 2.43 bits per heavy atom. The zero-order valence-corrected chi connectivity index (χ0v) is 19.7. The van der Waals surface area contributed by atoms with E-state index in [4.69, 9.17) is 10.5 Å². The Balaban J connectivity index is 1.91. The fraction of sp³-hybridized carbons (Fsp3) is 0.462. The molecular weight excluding hydrogens is 539 g/mol. The number of nitrogen functional groups attached to an aromatic ring is 1. The number of aliphatic hydroxyl groups is 1. The number of nitriles is 2. The molecule has 1 saturated heterocycles. The number of rotatable bonds is 8. The van der Waals surface area contributed by atoms with Gasteiger partial charge in [-0.15, -0.1) is 0 Å². The van der Waals surface area contributed by atoms with E-state index in [0.717, 1.165) is 24.0 Å². The number of ether oxygens (including phenoxy) is 1. The molecule has 22 heteroatoms. The van der Waals surface area contributed by atoms with E-state index in [1.54, 1.807) is 12.1 Å². The summed E-state index contributed by atoms with van der Waals surface area (Å²) in [5.41, 5.74) is 1.00. The number of aliphatic hydroxyl groups excluding tert-OH is 1. The number of phosphoric ester groups is 1. The molecule has 6 atom stereocenters. The molecule has 3 N–H and O–H groups in total. The Morgan fingerprint density at radius 1 is 1.20 bits per heavy atom. The number of aromatic nitrogens is 4. The summed E-state index contributed by atoms with van der Waals surface area (Å²) < 4.78 is 50.9. The van der Waals surface area contributed by atoms with Crippen LogP contribution in [0.3, 0.4) is 0 Å². The van der Waals surface area contributed by atoms with Gasteiger partial charge in [0.25, 0.3) is 15.6 Å². The van der Waals surface area contributed by atoms with Crippen LogP contribution in [0, 0.1) is 28.1 Å². The predicted octanol–water partition coefficient (Wildman–Crippen LogP) is -3.47. The summed E-state index contributed by atoms with van der Waals surface area (Å²) >= 11 is 0. The topological polar surface area (TPSA) is 317 Å². The van der Waals surface area contributed by atoms with E-state index in [0.29, 0.717) is 0 Å². The maximum atomic E-state index is 11.8. The van der Waals surface area contributed by atoms with E-state index >= 15 is 0 Å². The van der Waals surface area contributed by atoms with Gasteiger partial charge in [0.15, 0.2) is 11.5 Å². The van der Waals surface area contributed by atoms with Crippen LogP contribution in [0.25, 0.3) is 5.65 Å². The van der Waals surface area contributed by atoms with Crippen molar-refractivity contribution in [3.63, 3.8) is 0 Å². The van der Waals surface area contributed by atoms with Crippen molar-refractivity contribution in [2.45, 2.75) is 24.7 Å². The SMILES string of the molecule is CC1(C#N)[C@H](O)[C@@H](COP(=O)([O-])OP(=O)([O-])OP(=O)([O-])[O-])O[C@@]1(C#N)c1cnc2c(N)ncnn12. The van der Waals surface area contributed by atoms with Crippen molar-refractivity contribution in [2.24, 2.45) is 5.41 Å². The van der Waals surface area contributed by atoms with Crippen LogP contribution < -0.4 is 25.3 Å². The molecule has 1 aliphatic rings. The van der Waals surface area contributed by atoms with Gasteiger partial charge in [0.2, 0.25) is 5.60 Å². The first-order chi connectivity index (χ1) is 16.0. The number of nitrogens with zero attached hydrogens (tertiary/aromatic N) is 6. The fourth-order valence-electron chi connectivity index (χ4n) is 3.31. The number of fused-ring (bicyclic) bond motifs is 1. The van der Waals surface area contributed by atoms with Crippen molar-refractivity contribution in [3.8, 4) is 12.1 Å². The Labute approximate surface area is 194 Å². The lowest BCUT2D eigenvalue weighted by atomic mass is 9.71. The molecule has 0 amide bonds. The molecule has 1 aliphatic heterocycles. The van der Waals surface area contributed by atoms with Gasteiger partial charge in [-0.05, 0) is 6.92 Å². The number of hydrogen-bond acceptors (Lipinski definition) is 18. The maximum Gasteiger partial charge on any atom is 0.278 e. The number of imidazole rings is 1. The second-order valence-electron chi connectivity index (χ2n) is 7.03. The van der Waals surface area contributed by atoms with Gasteiger partial charge in [0.05, 0.1) is 26.7 Å². The molecule has 0 spiro atoms. The molecule has 19 nitrogen and oxygen atoms in total. The van der Waals surface area contributed by atoms with Crippen LogP contribution in [0.15, 0.2) is 12.5 Å². The summed E-state index contributed by atoms with van der Waals surface area (Å²) in [6, 6.07) is 3.47. The van der Waals surface area contributed by atoms with Crippen LogP contribution in [0.2, 0.25) is 0 Å². The summed E-state index contributed by atoms with van der Waals surface area (Å²) in [6.07, 6.45) is -1.65. The van der Waals surface area contributed by atoms with E-state index in [-0.39, 0.29) is 17.2 Å². The molecular formula is C13H12N7O12P3-4. The first-order valence-electron chi connectivity index (χ1n) is 8.85. The average Bonchev–Trinajstić information content (AvgIpc) is 3.24. The molecule has 35 heavy (non-hydrogen) atoms. The zero-order valence-electron chi connectivity index (χ0n) is 17.1. The minimum absolute atomic E-state index is 0.0344. The quantitative estimate of drug-likeness (QED) is 0.301. The van der Waals surface area contributed by atoms with Crippen molar-refractivity contribution in [3.05, 3.63) is 18.2 Å². The van der Waals surface area contributed by atoms with Crippen LogP contribution in [0.5, 0.6) is 0 Å². The monoisotopic (exact) mass is 551 g/mol. The Bertz CT molecular complexity index is 1380. The highest BCUT2D eigenvalue weighted by Crippen LogP contribution is 2.61. The van der Waals surface area contributed by atoms with Crippen molar-refractivity contribution in [1.29, 1.82) is 10.5 Å². The molecule has 0 saturated carbocycles. The summed E-state index contributed by atoms with van der Waals surface area (Å²) in [5, 5.41) is 34.4. The largest absolute Gasteiger partial charge is 0.790 e. The van der Waals surface area contributed by atoms with E-state index in [2.05, 4.69) is 28.2 Å². The van der Waals surface area contributed by atoms with E-state index < -0.39 is 53.3 Å². The Hall–Kier alpha value is -2.34. The van der Waals surface area contributed by atoms with Gasteiger partial charge in [-0.3, -0.25) is 13.4 Å². The van der Waals surface area contributed by atoms with Gasteiger partial charge in [-0.25, -0.2) is 18.8 Å². The lowest BCUT2D eigenvalue weighted by molar-refractivity contribution is -0.339. The maximum absolute atomic E-state index is 11.8. The zero-order chi connectivity index (χ0) is 26.4. The molecule has 2 aromatic heterocycles. The summed E-state index contributed by atoms with van der Waals surface area (Å²) in [4.78, 5) is 51.6. The minimum atomic E-state index is -6.23. The second kappa shape index (κ2) is 8.95. The fourth-order valence-corrected chi connectivity index (χ4v) is 6.18. The van der Waals surface area contributed by atoms with Gasteiger partial charge < -0.3 is 44.2 Å². The molecule has 3 unspecified atom stereocenters. The van der Waals surface area contributed by atoms with Crippen LogP contribution >= 0.6 is 23.5 Å². The van der Waals surface area contributed by atoms with Crippen molar-refractivity contribution < 1.29 is 56.3 Å². The normalized spacial score (nSPS) is 30.3. The predicted molar refractivity (Wildman–Crippen MR) is 98.0 cm³/mol. The summed E-state index contributed by atoms with van der Waals surface area (Å²) in [7, 11) is -18.4. The number of anilines is 1. The summed E-state index contributed by atoms with van der Waals surface area (Å²) in [6.45, 7) is -0.124. The third-order valence-electron chi connectivity index (χ3n) is 4.88. The first kappa shape index (κ1) is 27.3. The van der Waals surface area contributed by atoms with E-state index in [9.17, 15) is 48.9 Å². The van der Waals surface area contributed by atoms with Gasteiger partial charge in [-0.1, -0.05) is 0 Å². The number of hydrogen-bond donors (Lipinski definition) is 2. The molecule has 0 bridgehead atoms. The standard InChI is InChI=1S/C13H16N7O12P3/c1-12(4-14)9(21)7(3-29-34(25,26)32-35(27,28)31-33(22,23)24)30-13(12,5-15)8-2-17-11-10(16)18-6-19-20(8)11/h2,6-7,9,21H,3H2,1H3,(H,25,26)(H,27,28)(H2,16,18,19)(H2,22,23,24)/p-4/t7-,9-,12?,13+/m1/s1. The molecule has 3 rings (SSSR count). The van der Waals surface area contributed by atoms with Crippen LogP contribution in [-0.4, -0.2) is 43.5 Å². The Morgan fingerprint density at radius 2 is 1.86 bits per heavy atom. The smallest absolute Gasteiger partial charge is 0.278 e. The molecule has 1 fully saturated rings. The highest BCUT2D eigenvalue weighted by atomic mass is 31.3. The lowest BCUT2D eigenvalue weighted by Crippen LogP contribution is -2.45. The second-order valence-corrected chi connectivity index (χ2v) is 11.3. The Kier molecular flexibility index (Phi) is 6.97.